The fraction of sp³-hybridized carbons (Fsp3) is 0.810. The number of aryl methyl sites for hydroxylation is 1. The highest BCUT2D eigenvalue weighted by atomic mass is 16.5. The monoisotopic (exact) mass is 391 g/mol. The molecule has 1 aromatic heterocycles. The summed E-state index contributed by atoms with van der Waals surface area (Å²) >= 11 is 0. The molecule has 28 heavy (non-hydrogen) atoms. The minimum absolute atomic E-state index is 0.327. The molecule has 0 radical (unpaired) electrons. The van der Waals surface area contributed by atoms with Crippen molar-refractivity contribution in [2.75, 3.05) is 45.9 Å². The van der Waals surface area contributed by atoms with Crippen LogP contribution in [0.5, 0.6) is 0 Å². The average Bonchev–Trinajstić information content (AvgIpc) is 3.20. The standard InChI is InChI=1S/C21H37N5O2/c1-3-18-14-19(28-25-18)15-23-20(22-4-2)24-16-21(8-6-5-7-9-21)17-26-10-12-27-13-11-26/h14H,3-13,15-17H2,1-2H3,(H2,22,23,24). The molecule has 1 aliphatic heterocycles. The second-order valence-electron chi connectivity index (χ2n) is 8.14. The quantitative estimate of drug-likeness (QED) is 0.524. The van der Waals surface area contributed by atoms with Crippen molar-refractivity contribution in [3.8, 4) is 0 Å². The Kier molecular flexibility index (Phi) is 8.15. The van der Waals surface area contributed by atoms with Gasteiger partial charge in [-0.1, -0.05) is 31.3 Å². The summed E-state index contributed by atoms with van der Waals surface area (Å²) in [6.45, 7) is 11.5. The highest BCUT2D eigenvalue weighted by Gasteiger charge is 2.34. The summed E-state index contributed by atoms with van der Waals surface area (Å²) in [7, 11) is 0. The fourth-order valence-corrected chi connectivity index (χ4v) is 4.29. The molecule has 1 aliphatic carbocycles. The minimum Gasteiger partial charge on any atom is -0.379 e. The van der Waals surface area contributed by atoms with Crippen LogP contribution in [0.3, 0.4) is 0 Å². The molecular weight excluding hydrogens is 354 g/mol. The number of ether oxygens (including phenoxy) is 1. The van der Waals surface area contributed by atoms with E-state index >= 15 is 0 Å². The zero-order valence-corrected chi connectivity index (χ0v) is 17.6. The van der Waals surface area contributed by atoms with E-state index in [9.17, 15) is 0 Å². The SMILES string of the molecule is CCNC(=NCc1cc(CC)no1)NCC1(CN2CCOCC2)CCCCC1. The molecule has 1 aromatic rings. The predicted molar refractivity (Wildman–Crippen MR) is 111 cm³/mol. The number of morpholine rings is 1. The van der Waals surface area contributed by atoms with Crippen molar-refractivity contribution in [2.24, 2.45) is 10.4 Å². The number of rotatable bonds is 8. The Labute approximate surface area is 169 Å². The number of aliphatic imine (C=N–C) groups is 1. The Morgan fingerprint density at radius 2 is 1.96 bits per heavy atom. The summed E-state index contributed by atoms with van der Waals surface area (Å²) in [5.41, 5.74) is 1.31. The van der Waals surface area contributed by atoms with Crippen molar-refractivity contribution in [1.29, 1.82) is 0 Å². The van der Waals surface area contributed by atoms with Crippen LogP contribution in [-0.4, -0.2) is 62.0 Å². The molecule has 3 rings (SSSR count). The largest absolute Gasteiger partial charge is 0.379 e. The molecule has 0 unspecified atom stereocenters. The smallest absolute Gasteiger partial charge is 0.191 e. The van der Waals surface area contributed by atoms with Crippen LogP contribution in [0.4, 0.5) is 0 Å². The number of hydrogen-bond acceptors (Lipinski definition) is 5. The second kappa shape index (κ2) is 10.8. The van der Waals surface area contributed by atoms with E-state index in [0.717, 1.165) is 69.8 Å². The topological polar surface area (TPSA) is 74.9 Å². The average molecular weight is 392 g/mol. The van der Waals surface area contributed by atoms with Crippen molar-refractivity contribution < 1.29 is 9.26 Å². The molecule has 0 amide bonds. The molecule has 1 saturated heterocycles. The van der Waals surface area contributed by atoms with E-state index in [1.165, 1.54) is 32.1 Å². The molecule has 2 N–H and O–H groups in total. The third-order valence-electron chi connectivity index (χ3n) is 5.91. The van der Waals surface area contributed by atoms with Crippen LogP contribution in [0.25, 0.3) is 0 Å². The van der Waals surface area contributed by atoms with Gasteiger partial charge in [0.15, 0.2) is 11.7 Å². The minimum atomic E-state index is 0.327. The number of guanidine groups is 1. The van der Waals surface area contributed by atoms with Gasteiger partial charge in [-0.3, -0.25) is 4.90 Å². The second-order valence-corrected chi connectivity index (χ2v) is 8.14. The van der Waals surface area contributed by atoms with Crippen molar-refractivity contribution in [1.82, 2.24) is 20.7 Å². The Morgan fingerprint density at radius 1 is 1.18 bits per heavy atom. The molecular formula is C21H37N5O2. The fourth-order valence-electron chi connectivity index (χ4n) is 4.29. The van der Waals surface area contributed by atoms with Crippen LogP contribution in [0.2, 0.25) is 0 Å². The van der Waals surface area contributed by atoms with Gasteiger partial charge in [-0.15, -0.1) is 0 Å². The van der Waals surface area contributed by atoms with Crippen LogP contribution in [-0.2, 0) is 17.7 Å². The molecule has 158 valence electrons. The first kappa shape index (κ1) is 21.1. The zero-order valence-electron chi connectivity index (χ0n) is 17.6. The van der Waals surface area contributed by atoms with Gasteiger partial charge in [0.1, 0.15) is 6.54 Å². The Hall–Kier alpha value is -1.60. The molecule has 0 aromatic carbocycles. The molecule has 2 fully saturated rings. The maximum absolute atomic E-state index is 5.54. The van der Waals surface area contributed by atoms with Gasteiger partial charge in [-0.25, -0.2) is 4.99 Å². The number of nitrogens with one attached hydrogen (secondary N) is 2. The summed E-state index contributed by atoms with van der Waals surface area (Å²) in [5.74, 6) is 1.68. The molecule has 0 bridgehead atoms. The van der Waals surface area contributed by atoms with Crippen molar-refractivity contribution >= 4 is 5.96 Å². The van der Waals surface area contributed by atoms with Crippen LogP contribution in [0.15, 0.2) is 15.6 Å². The third-order valence-corrected chi connectivity index (χ3v) is 5.91. The lowest BCUT2D eigenvalue weighted by Gasteiger charge is -2.42. The predicted octanol–water partition coefficient (Wildman–Crippen LogP) is 2.57. The van der Waals surface area contributed by atoms with Crippen molar-refractivity contribution in [3.63, 3.8) is 0 Å². The summed E-state index contributed by atoms with van der Waals surface area (Å²) in [6, 6.07) is 1.99. The summed E-state index contributed by atoms with van der Waals surface area (Å²) < 4.78 is 10.9. The van der Waals surface area contributed by atoms with Crippen LogP contribution < -0.4 is 10.6 Å². The highest BCUT2D eigenvalue weighted by Crippen LogP contribution is 2.36. The van der Waals surface area contributed by atoms with Gasteiger partial charge in [0.05, 0.1) is 18.9 Å². The van der Waals surface area contributed by atoms with Crippen molar-refractivity contribution in [2.45, 2.75) is 58.9 Å². The maximum Gasteiger partial charge on any atom is 0.191 e. The highest BCUT2D eigenvalue weighted by molar-refractivity contribution is 5.79. The first-order chi connectivity index (χ1) is 13.7. The third kappa shape index (κ3) is 6.21. The first-order valence-electron chi connectivity index (χ1n) is 11.0. The van der Waals surface area contributed by atoms with E-state index in [1.807, 2.05) is 6.07 Å². The Bertz CT molecular complexity index is 604. The lowest BCUT2D eigenvalue weighted by Crippen LogP contribution is -2.51. The molecule has 0 atom stereocenters. The number of hydrogen-bond donors (Lipinski definition) is 2. The van der Waals surface area contributed by atoms with Crippen LogP contribution in [0, 0.1) is 5.41 Å². The molecule has 0 spiro atoms. The van der Waals surface area contributed by atoms with Gasteiger partial charge in [0.2, 0.25) is 0 Å². The Morgan fingerprint density at radius 3 is 2.64 bits per heavy atom. The molecule has 7 nitrogen and oxygen atoms in total. The normalized spacial score (nSPS) is 20.9. The van der Waals surface area contributed by atoms with Gasteiger partial charge in [-0.05, 0) is 26.2 Å². The van der Waals surface area contributed by atoms with E-state index in [2.05, 4.69) is 34.5 Å². The first-order valence-corrected chi connectivity index (χ1v) is 11.0. The lowest BCUT2D eigenvalue weighted by molar-refractivity contribution is 0.00820. The van der Waals surface area contributed by atoms with Gasteiger partial charge in [-0.2, -0.15) is 0 Å². The Balaban J connectivity index is 1.60. The number of aromatic nitrogens is 1. The van der Waals surface area contributed by atoms with Gasteiger partial charge >= 0.3 is 0 Å². The van der Waals surface area contributed by atoms with Crippen LogP contribution in [0.1, 0.15) is 57.4 Å². The van der Waals surface area contributed by atoms with Gasteiger partial charge in [0.25, 0.3) is 0 Å². The van der Waals surface area contributed by atoms with Crippen molar-refractivity contribution in [3.05, 3.63) is 17.5 Å². The van der Waals surface area contributed by atoms with E-state index < -0.39 is 0 Å². The van der Waals surface area contributed by atoms with Gasteiger partial charge in [0, 0.05) is 44.2 Å². The molecule has 2 heterocycles. The summed E-state index contributed by atoms with van der Waals surface area (Å²) in [6.07, 6.45) is 7.49. The molecule has 2 aliphatic rings. The van der Waals surface area contributed by atoms with E-state index in [4.69, 9.17) is 14.3 Å². The zero-order chi connectivity index (χ0) is 19.7. The van der Waals surface area contributed by atoms with E-state index in [0.29, 0.717) is 12.0 Å². The van der Waals surface area contributed by atoms with E-state index in [-0.39, 0.29) is 0 Å². The number of nitrogens with zero attached hydrogens (tertiary/aromatic N) is 3. The van der Waals surface area contributed by atoms with Gasteiger partial charge < -0.3 is 19.9 Å². The maximum atomic E-state index is 5.54. The van der Waals surface area contributed by atoms with E-state index in [1.54, 1.807) is 0 Å². The summed E-state index contributed by atoms with van der Waals surface area (Å²) in [4.78, 5) is 7.31. The molecule has 7 heteroatoms. The van der Waals surface area contributed by atoms with Crippen LogP contribution >= 0.6 is 0 Å². The molecule has 1 saturated carbocycles. The summed E-state index contributed by atoms with van der Waals surface area (Å²) in [5, 5.41) is 11.1. The lowest BCUT2D eigenvalue weighted by atomic mass is 9.73.